The molecule has 4 rings (SSSR count). The molecule has 1 N–H and O–H groups in total. The topological polar surface area (TPSA) is 113 Å². The fraction of sp³-hybridized carbons (Fsp3) is 0.346. The Morgan fingerprint density at radius 1 is 1.03 bits per heavy atom. The first-order valence-electron chi connectivity index (χ1n) is 12.1. The molecule has 0 unspecified atom stereocenters. The third-order valence-electron chi connectivity index (χ3n) is 6.11. The number of hydrogen-bond donors (Lipinski definition) is 2. The molecule has 1 fully saturated rings. The van der Waals surface area contributed by atoms with Gasteiger partial charge in [0.25, 0.3) is 10.0 Å². The van der Waals surface area contributed by atoms with Crippen LogP contribution in [-0.2, 0) is 24.8 Å². The van der Waals surface area contributed by atoms with Crippen LogP contribution in [0.2, 0.25) is 0 Å². The third kappa shape index (κ3) is 6.15. The summed E-state index contributed by atoms with van der Waals surface area (Å²) in [5.74, 6) is -0.117. The van der Waals surface area contributed by atoms with E-state index in [0.29, 0.717) is 0 Å². The largest absolute Gasteiger partial charge is 0.428 e. The third-order valence-corrected chi connectivity index (χ3v) is 10.0. The van der Waals surface area contributed by atoms with E-state index in [-0.39, 0.29) is 40.5 Å². The normalized spacial score (nSPS) is 18.8. The quantitative estimate of drug-likeness (QED) is 0.307. The lowest BCUT2D eigenvalue weighted by molar-refractivity contribution is 0.0424. The van der Waals surface area contributed by atoms with Crippen LogP contribution in [-0.4, -0.2) is 56.2 Å². The van der Waals surface area contributed by atoms with Gasteiger partial charge in [0.15, 0.2) is 6.23 Å². The van der Waals surface area contributed by atoms with Crippen molar-refractivity contribution in [1.82, 2.24) is 14.1 Å². The number of aryl methyl sites for hydroxylation is 1. The number of hydrogen-bond acceptors (Lipinski definition) is 7. The van der Waals surface area contributed by atoms with E-state index in [1.54, 1.807) is 24.3 Å². The van der Waals surface area contributed by atoms with Gasteiger partial charge in [0.1, 0.15) is 0 Å². The molecule has 3 aromatic carbocycles. The van der Waals surface area contributed by atoms with Crippen LogP contribution in [0.15, 0.2) is 76.5 Å². The average Bonchev–Trinajstić information content (AvgIpc) is 3.23. The highest BCUT2D eigenvalue weighted by molar-refractivity contribution is 7.89. The smallest absolute Gasteiger partial charge is 0.424 e. The number of hydrazine groups is 1. The number of benzene rings is 3. The van der Waals surface area contributed by atoms with Gasteiger partial charge in [-0.25, -0.2) is 27.1 Å². The standard InChI is InChI=1S/C26H31N3O6S3/c1-18(2)16-29(38(33,34)23-11-8-19(3)9-12-23)27-26(30)35-25-15-22(36)17-28(25)37(31,32)24-13-10-20-6-4-5-7-21(20)14-24/h4-14,18,22,25,36H,15-17H2,1-3H3,(H,27,30)/t22-,25+/m1/s1. The second-order valence-corrected chi connectivity index (χ2v) is 14.2. The van der Waals surface area contributed by atoms with Crippen LogP contribution in [0.25, 0.3) is 10.8 Å². The molecule has 0 aliphatic carbocycles. The van der Waals surface area contributed by atoms with Crippen molar-refractivity contribution in [2.24, 2.45) is 5.92 Å². The SMILES string of the molecule is Cc1ccc(S(=O)(=O)N(CC(C)C)NC(=O)O[C@H]2C[C@@H](S)CN2S(=O)(=O)c2ccc3ccccc3c2)cc1. The summed E-state index contributed by atoms with van der Waals surface area (Å²) >= 11 is 4.43. The molecule has 1 amide bonds. The molecule has 0 radical (unpaired) electrons. The molecule has 0 saturated carbocycles. The summed E-state index contributed by atoms with van der Waals surface area (Å²) in [5.41, 5.74) is 3.21. The van der Waals surface area contributed by atoms with Crippen molar-refractivity contribution in [3.05, 3.63) is 72.3 Å². The van der Waals surface area contributed by atoms with E-state index in [1.165, 1.54) is 18.2 Å². The fourth-order valence-corrected chi connectivity index (χ4v) is 7.69. The molecule has 2 atom stereocenters. The minimum Gasteiger partial charge on any atom is -0.428 e. The Morgan fingerprint density at radius 2 is 1.66 bits per heavy atom. The maximum absolute atomic E-state index is 13.5. The van der Waals surface area contributed by atoms with Crippen molar-refractivity contribution < 1.29 is 26.4 Å². The number of rotatable bonds is 8. The minimum absolute atomic E-state index is 0.00965. The zero-order valence-electron chi connectivity index (χ0n) is 21.3. The molecule has 1 aliphatic heterocycles. The summed E-state index contributed by atoms with van der Waals surface area (Å²) in [6.07, 6.45) is -2.08. The summed E-state index contributed by atoms with van der Waals surface area (Å²) in [7, 11) is -8.12. The van der Waals surface area contributed by atoms with Crippen LogP contribution >= 0.6 is 12.6 Å². The molecule has 38 heavy (non-hydrogen) atoms. The number of carbonyl (C=O) groups excluding carboxylic acids is 1. The second kappa shape index (κ2) is 11.2. The van der Waals surface area contributed by atoms with Crippen LogP contribution in [0.5, 0.6) is 0 Å². The van der Waals surface area contributed by atoms with E-state index in [0.717, 1.165) is 25.1 Å². The molecule has 0 spiro atoms. The Balaban J connectivity index is 1.55. The predicted octanol–water partition coefficient (Wildman–Crippen LogP) is 4.16. The number of ether oxygens (including phenoxy) is 1. The number of nitrogens with zero attached hydrogens (tertiary/aromatic N) is 2. The summed E-state index contributed by atoms with van der Waals surface area (Å²) < 4.78 is 61.0. The van der Waals surface area contributed by atoms with Crippen molar-refractivity contribution in [1.29, 1.82) is 0 Å². The molecule has 1 aliphatic rings. The van der Waals surface area contributed by atoms with Gasteiger partial charge in [0.2, 0.25) is 10.0 Å². The molecule has 12 heteroatoms. The number of sulfonamides is 2. The van der Waals surface area contributed by atoms with Gasteiger partial charge in [-0.05, 0) is 47.9 Å². The molecule has 1 saturated heterocycles. The Bertz CT molecular complexity index is 1530. The monoisotopic (exact) mass is 577 g/mol. The Hall–Kier alpha value is -2.64. The van der Waals surface area contributed by atoms with Crippen molar-refractivity contribution >= 4 is 49.5 Å². The maximum atomic E-state index is 13.5. The maximum Gasteiger partial charge on any atom is 0.424 e. The lowest BCUT2D eigenvalue weighted by atomic mass is 10.1. The Morgan fingerprint density at radius 3 is 2.32 bits per heavy atom. The van der Waals surface area contributed by atoms with Gasteiger partial charge < -0.3 is 4.74 Å². The fourth-order valence-electron chi connectivity index (χ4n) is 4.20. The van der Waals surface area contributed by atoms with Gasteiger partial charge in [-0.15, -0.1) is 4.41 Å². The van der Waals surface area contributed by atoms with E-state index >= 15 is 0 Å². The van der Waals surface area contributed by atoms with E-state index in [1.807, 2.05) is 45.0 Å². The van der Waals surface area contributed by atoms with E-state index in [4.69, 9.17) is 4.74 Å². The molecule has 0 aromatic heterocycles. The van der Waals surface area contributed by atoms with E-state index < -0.39 is 32.4 Å². The summed E-state index contributed by atoms with van der Waals surface area (Å²) in [6, 6.07) is 18.5. The van der Waals surface area contributed by atoms with E-state index in [9.17, 15) is 21.6 Å². The number of nitrogens with one attached hydrogen (secondary N) is 1. The number of carbonyl (C=O) groups is 1. The lowest BCUT2D eigenvalue weighted by Gasteiger charge is -2.27. The van der Waals surface area contributed by atoms with Gasteiger partial charge >= 0.3 is 6.09 Å². The van der Waals surface area contributed by atoms with Crippen LogP contribution in [0.4, 0.5) is 4.79 Å². The number of amides is 1. The van der Waals surface area contributed by atoms with Crippen LogP contribution in [0.3, 0.4) is 0 Å². The van der Waals surface area contributed by atoms with Crippen molar-refractivity contribution in [2.45, 2.75) is 48.5 Å². The Kier molecular flexibility index (Phi) is 8.38. The highest BCUT2D eigenvalue weighted by Gasteiger charge is 2.42. The molecule has 0 bridgehead atoms. The van der Waals surface area contributed by atoms with Crippen LogP contribution in [0, 0.1) is 12.8 Å². The number of fused-ring (bicyclic) bond motifs is 1. The first-order chi connectivity index (χ1) is 17.9. The van der Waals surface area contributed by atoms with Crippen LogP contribution in [0.1, 0.15) is 25.8 Å². The first kappa shape index (κ1) is 28.4. The summed E-state index contributed by atoms with van der Waals surface area (Å²) in [5, 5.41) is 1.29. The molecule has 9 nitrogen and oxygen atoms in total. The summed E-state index contributed by atoms with van der Waals surface area (Å²) in [6.45, 7) is 5.49. The second-order valence-electron chi connectivity index (χ2n) is 9.69. The van der Waals surface area contributed by atoms with Gasteiger partial charge in [-0.2, -0.15) is 16.9 Å². The number of thiol groups is 1. The summed E-state index contributed by atoms with van der Waals surface area (Å²) in [4.78, 5) is 13.0. The molecule has 204 valence electrons. The average molecular weight is 578 g/mol. The highest BCUT2D eigenvalue weighted by atomic mass is 32.2. The van der Waals surface area contributed by atoms with Crippen LogP contribution < -0.4 is 5.43 Å². The minimum atomic E-state index is -4.08. The van der Waals surface area contributed by atoms with E-state index in [2.05, 4.69) is 18.1 Å². The Labute approximate surface area is 229 Å². The molecular formula is C26H31N3O6S3. The molecular weight excluding hydrogens is 547 g/mol. The van der Waals surface area contributed by atoms with Crippen molar-refractivity contribution in [3.63, 3.8) is 0 Å². The highest BCUT2D eigenvalue weighted by Crippen LogP contribution is 2.31. The molecule has 1 heterocycles. The lowest BCUT2D eigenvalue weighted by Crippen LogP contribution is -2.50. The van der Waals surface area contributed by atoms with Gasteiger partial charge in [-0.3, -0.25) is 0 Å². The van der Waals surface area contributed by atoms with Gasteiger partial charge in [-0.1, -0.05) is 61.9 Å². The van der Waals surface area contributed by atoms with Crippen molar-refractivity contribution in [3.8, 4) is 0 Å². The first-order valence-corrected chi connectivity index (χ1v) is 15.5. The zero-order valence-corrected chi connectivity index (χ0v) is 23.8. The van der Waals surface area contributed by atoms with Gasteiger partial charge in [0.05, 0.1) is 9.79 Å². The zero-order chi connectivity index (χ0) is 27.7. The molecule has 3 aromatic rings. The van der Waals surface area contributed by atoms with Gasteiger partial charge in [0, 0.05) is 24.8 Å². The van der Waals surface area contributed by atoms with Crippen molar-refractivity contribution in [2.75, 3.05) is 13.1 Å². The predicted molar refractivity (Wildman–Crippen MR) is 149 cm³/mol.